The van der Waals surface area contributed by atoms with E-state index >= 15 is 0 Å². The average Bonchev–Trinajstić information content (AvgIpc) is 2.77. The molecule has 0 bridgehead atoms. The fraction of sp³-hybridized carbons (Fsp3) is 0.0769. The summed E-state index contributed by atoms with van der Waals surface area (Å²) < 4.78 is 0. The maximum atomic E-state index is 4.47. The molecular weight excluding hydrogens is 230 g/mol. The van der Waals surface area contributed by atoms with Gasteiger partial charge in [0.1, 0.15) is 0 Å². The molecule has 0 saturated carbocycles. The lowest BCUT2D eigenvalue weighted by molar-refractivity contribution is 1.08. The highest BCUT2D eigenvalue weighted by molar-refractivity contribution is 7.99. The number of H-pyrrole nitrogens is 1. The van der Waals surface area contributed by atoms with Crippen LogP contribution in [0, 0.1) is 0 Å². The number of rotatable bonds is 5. The van der Waals surface area contributed by atoms with Gasteiger partial charge in [-0.1, -0.05) is 37.1 Å². The van der Waals surface area contributed by atoms with Gasteiger partial charge in [0.2, 0.25) is 0 Å². The van der Waals surface area contributed by atoms with Gasteiger partial charge in [-0.3, -0.25) is 4.99 Å². The Bertz CT molecular complexity index is 536. The van der Waals surface area contributed by atoms with Crippen LogP contribution in [0.5, 0.6) is 0 Å². The number of benzene rings is 1. The van der Waals surface area contributed by atoms with Gasteiger partial charge in [0.05, 0.1) is 16.7 Å². The van der Waals surface area contributed by atoms with Gasteiger partial charge in [-0.15, -0.1) is 0 Å². The molecular formula is C13H13N3S. The van der Waals surface area contributed by atoms with Crippen LogP contribution in [0.4, 0.5) is 0 Å². The quantitative estimate of drug-likeness (QED) is 0.645. The van der Waals surface area contributed by atoms with Crippen molar-refractivity contribution in [1.29, 1.82) is 0 Å². The molecule has 0 radical (unpaired) electrons. The van der Waals surface area contributed by atoms with E-state index in [0.29, 0.717) is 0 Å². The second-order valence-corrected chi connectivity index (χ2v) is 4.32. The lowest BCUT2D eigenvalue weighted by Crippen LogP contribution is -1.96. The number of thioether (sulfide) groups is 1. The van der Waals surface area contributed by atoms with Crippen molar-refractivity contribution in [3.8, 4) is 0 Å². The van der Waals surface area contributed by atoms with Crippen molar-refractivity contribution in [1.82, 2.24) is 9.97 Å². The molecule has 86 valence electrons. The van der Waals surface area contributed by atoms with Gasteiger partial charge in [0, 0.05) is 12.0 Å². The van der Waals surface area contributed by atoms with Crippen LogP contribution in [0.25, 0.3) is 11.0 Å². The molecule has 4 heteroatoms. The van der Waals surface area contributed by atoms with Crippen molar-refractivity contribution in [2.75, 3.05) is 5.75 Å². The Hall–Kier alpha value is -1.81. The molecule has 1 aromatic heterocycles. The zero-order chi connectivity index (χ0) is 12.1. The largest absolute Gasteiger partial charge is 0.333 e. The van der Waals surface area contributed by atoms with Gasteiger partial charge in [-0.2, -0.15) is 0 Å². The molecule has 17 heavy (non-hydrogen) atoms. The molecule has 0 aliphatic heterocycles. The summed E-state index contributed by atoms with van der Waals surface area (Å²) >= 11 is 1.60. The molecule has 1 heterocycles. The molecule has 0 saturated heterocycles. The van der Waals surface area contributed by atoms with E-state index in [1.807, 2.05) is 24.3 Å². The number of hydrogen-bond acceptors (Lipinski definition) is 3. The zero-order valence-electron chi connectivity index (χ0n) is 9.39. The van der Waals surface area contributed by atoms with Gasteiger partial charge in [0.15, 0.2) is 5.16 Å². The van der Waals surface area contributed by atoms with Gasteiger partial charge >= 0.3 is 0 Å². The Labute approximate surface area is 104 Å². The number of aromatic nitrogens is 2. The highest BCUT2D eigenvalue weighted by Gasteiger charge is 2.03. The Morgan fingerprint density at radius 1 is 1.41 bits per heavy atom. The van der Waals surface area contributed by atoms with Crippen LogP contribution < -0.4 is 0 Å². The van der Waals surface area contributed by atoms with E-state index in [9.17, 15) is 0 Å². The summed E-state index contributed by atoms with van der Waals surface area (Å²) in [6, 6.07) is 7.97. The number of imidazole rings is 1. The van der Waals surface area contributed by atoms with E-state index in [4.69, 9.17) is 0 Å². The second-order valence-electron chi connectivity index (χ2n) is 3.35. The molecule has 0 atom stereocenters. The highest BCUT2D eigenvalue weighted by atomic mass is 32.2. The molecule has 0 aliphatic rings. The van der Waals surface area contributed by atoms with Crippen molar-refractivity contribution < 1.29 is 0 Å². The van der Waals surface area contributed by atoms with Crippen LogP contribution in [0.3, 0.4) is 0 Å². The first-order chi connectivity index (χ1) is 8.33. The van der Waals surface area contributed by atoms with Crippen LogP contribution in [0.2, 0.25) is 0 Å². The van der Waals surface area contributed by atoms with Crippen molar-refractivity contribution in [2.24, 2.45) is 4.99 Å². The summed E-state index contributed by atoms with van der Waals surface area (Å²) in [5, 5.41) is 0.893. The molecule has 0 unspecified atom stereocenters. The van der Waals surface area contributed by atoms with Crippen LogP contribution in [0.15, 0.2) is 59.8 Å². The second kappa shape index (κ2) is 5.50. The number of aliphatic imine (C=N–C) groups is 1. The third-order valence-corrected chi connectivity index (χ3v) is 3.12. The molecule has 1 aromatic carbocycles. The monoisotopic (exact) mass is 243 g/mol. The van der Waals surface area contributed by atoms with Gasteiger partial charge < -0.3 is 4.98 Å². The predicted octanol–water partition coefficient (Wildman–Crippen LogP) is 3.43. The molecule has 2 aromatic rings. The fourth-order valence-electron chi connectivity index (χ4n) is 1.41. The first kappa shape index (κ1) is 11.7. The lowest BCUT2D eigenvalue weighted by atomic mass is 10.3. The highest BCUT2D eigenvalue weighted by Crippen LogP contribution is 2.19. The summed E-state index contributed by atoms with van der Waals surface area (Å²) in [6.45, 7) is 7.28. The van der Waals surface area contributed by atoms with E-state index in [2.05, 4.69) is 28.1 Å². The molecule has 0 spiro atoms. The third kappa shape index (κ3) is 2.85. The van der Waals surface area contributed by atoms with Crippen LogP contribution in [-0.2, 0) is 0 Å². The van der Waals surface area contributed by atoms with E-state index in [1.165, 1.54) is 6.20 Å². The summed E-state index contributed by atoms with van der Waals surface area (Å²) in [5.74, 6) is 0.731. The smallest absolute Gasteiger partial charge is 0.166 e. The minimum Gasteiger partial charge on any atom is -0.333 e. The SMILES string of the molecule is C=CN=C(C=C)CSc1nc2ccccc2[nH]1. The van der Waals surface area contributed by atoms with E-state index in [-0.39, 0.29) is 0 Å². The summed E-state index contributed by atoms with van der Waals surface area (Å²) in [7, 11) is 0. The summed E-state index contributed by atoms with van der Waals surface area (Å²) in [5.41, 5.74) is 2.93. The first-order valence-electron chi connectivity index (χ1n) is 5.21. The van der Waals surface area contributed by atoms with Crippen molar-refractivity contribution in [2.45, 2.75) is 5.16 Å². The average molecular weight is 243 g/mol. The number of nitrogens with one attached hydrogen (secondary N) is 1. The standard InChI is InChI=1S/C13H13N3S/c1-3-10(14-4-2)9-17-13-15-11-7-5-6-8-12(11)16-13/h3-8H,1-2,9H2,(H,15,16). The number of aromatic amines is 1. The topological polar surface area (TPSA) is 41.0 Å². The Morgan fingerprint density at radius 3 is 2.94 bits per heavy atom. The summed E-state index contributed by atoms with van der Waals surface area (Å²) in [4.78, 5) is 11.8. The predicted molar refractivity (Wildman–Crippen MR) is 74.6 cm³/mol. The summed E-state index contributed by atoms with van der Waals surface area (Å²) in [6.07, 6.45) is 3.26. The molecule has 0 aliphatic carbocycles. The molecule has 0 amide bonds. The zero-order valence-corrected chi connectivity index (χ0v) is 10.2. The van der Waals surface area contributed by atoms with Gasteiger partial charge in [-0.25, -0.2) is 4.98 Å². The first-order valence-corrected chi connectivity index (χ1v) is 6.19. The van der Waals surface area contributed by atoms with Gasteiger partial charge in [-0.05, 0) is 18.2 Å². The number of para-hydroxylation sites is 2. The Morgan fingerprint density at radius 2 is 2.24 bits per heavy atom. The minimum atomic E-state index is 0.731. The lowest BCUT2D eigenvalue weighted by Gasteiger charge is -1.96. The fourth-order valence-corrected chi connectivity index (χ4v) is 2.23. The Kier molecular flexibility index (Phi) is 3.77. The van der Waals surface area contributed by atoms with Gasteiger partial charge in [0.25, 0.3) is 0 Å². The number of nitrogens with zero attached hydrogens (tertiary/aromatic N) is 2. The van der Waals surface area contributed by atoms with E-state index < -0.39 is 0 Å². The van der Waals surface area contributed by atoms with Crippen LogP contribution >= 0.6 is 11.8 Å². The molecule has 1 N–H and O–H groups in total. The van der Waals surface area contributed by atoms with E-state index in [1.54, 1.807) is 17.8 Å². The van der Waals surface area contributed by atoms with Crippen molar-refractivity contribution in [3.63, 3.8) is 0 Å². The Balaban J connectivity index is 2.11. The number of fused-ring (bicyclic) bond motifs is 1. The van der Waals surface area contributed by atoms with Crippen LogP contribution in [-0.4, -0.2) is 21.4 Å². The minimum absolute atomic E-state index is 0.731. The molecule has 3 nitrogen and oxygen atoms in total. The van der Waals surface area contributed by atoms with Crippen molar-refractivity contribution >= 4 is 28.5 Å². The maximum absolute atomic E-state index is 4.47. The normalized spacial score (nSPS) is 11.6. The third-order valence-electron chi connectivity index (χ3n) is 2.22. The maximum Gasteiger partial charge on any atom is 0.166 e. The number of hydrogen-bond donors (Lipinski definition) is 1. The van der Waals surface area contributed by atoms with Crippen molar-refractivity contribution in [3.05, 3.63) is 49.7 Å². The molecule has 0 fully saturated rings. The van der Waals surface area contributed by atoms with E-state index in [0.717, 1.165) is 27.7 Å². The van der Waals surface area contributed by atoms with Crippen LogP contribution in [0.1, 0.15) is 0 Å². The number of allylic oxidation sites excluding steroid dienone is 1. The molecule has 2 rings (SSSR count).